The second kappa shape index (κ2) is 7.01. The van der Waals surface area contributed by atoms with Crippen LogP contribution in [0.2, 0.25) is 0 Å². The average molecular weight is 250 g/mol. The van der Waals surface area contributed by atoms with Gasteiger partial charge in [-0.1, -0.05) is 6.07 Å². The van der Waals surface area contributed by atoms with Gasteiger partial charge in [-0.15, -0.1) is 0 Å². The van der Waals surface area contributed by atoms with Crippen LogP contribution >= 0.6 is 0 Å². The van der Waals surface area contributed by atoms with E-state index >= 15 is 0 Å². The Balaban J connectivity index is 2.62. The molecule has 0 atom stereocenters. The summed E-state index contributed by atoms with van der Waals surface area (Å²) in [5.74, 6) is 0.942. The number of benzene rings is 1. The minimum absolute atomic E-state index is 0.0494. The molecule has 0 aliphatic carbocycles. The SMILES string of the molecule is COc1cc(C)c(CCC(=O)NCCN)cc1C. The predicted molar refractivity (Wildman–Crippen MR) is 72.9 cm³/mol. The van der Waals surface area contributed by atoms with Crippen LogP contribution in [0.15, 0.2) is 12.1 Å². The van der Waals surface area contributed by atoms with Gasteiger partial charge >= 0.3 is 0 Å². The van der Waals surface area contributed by atoms with Gasteiger partial charge in [0.05, 0.1) is 7.11 Å². The first-order chi connectivity index (χ1) is 8.58. The van der Waals surface area contributed by atoms with E-state index in [2.05, 4.69) is 11.4 Å². The van der Waals surface area contributed by atoms with Crippen molar-refractivity contribution in [2.45, 2.75) is 26.7 Å². The lowest BCUT2D eigenvalue weighted by atomic mass is 10.0. The number of carbonyl (C=O) groups is 1. The highest BCUT2D eigenvalue weighted by Crippen LogP contribution is 2.23. The van der Waals surface area contributed by atoms with E-state index in [-0.39, 0.29) is 5.91 Å². The van der Waals surface area contributed by atoms with E-state index in [1.807, 2.05) is 19.9 Å². The van der Waals surface area contributed by atoms with Gasteiger partial charge in [0.15, 0.2) is 0 Å². The number of amides is 1. The molecule has 0 aromatic heterocycles. The van der Waals surface area contributed by atoms with Crippen LogP contribution in [0.3, 0.4) is 0 Å². The molecule has 3 N–H and O–H groups in total. The molecule has 0 heterocycles. The van der Waals surface area contributed by atoms with E-state index in [4.69, 9.17) is 10.5 Å². The third-order valence-corrected chi connectivity index (χ3v) is 2.94. The Morgan fingerprint density at radius 3 is 2.67 bits per heavy atom. The number of nitrogens with two attached hydrogens (primary N) is 1. The predicted octanol–water partition coefficient (Wildman–Crippen LogP) is 1.32. The van der Waals surface area contributed by atoms with Crippen molar-refractivity contribution in [1.29, 1.82) is 0 Å². The quantitative estimate of drug-likeness (QED) is 0.800. The molecule has 1 amide bonds. The van der Waals surface area contributed by atoms with Crippen molar-refractivity contribution in [1.82, 2.24) is 5.32 Å². The molecule has 18 heavy (non-hydrogen) atoms. The Kier molecular flexibility index (Phi) is 5.65. The van der Waals surface area contributed by atoms with Crippen molar-refractivity contribution in [2.24, 2.45) is 5.73 Å². The molecule has 0 radical (unpaired) electrons. The maximum Gasteiger partial charge on any atom is 0.220 e. The summed E-state index contributed by atoms with van der Waals surface area (Å²) in [5, 5.41) is 2.77. The molecule has 0 saturated heterocycles. The Bertz CT molecular complexity index is 417. The van der Waals surface area contributed by atoms with Crippen LogP contribution in [0.1, 0.15) is 23.1 Å². The number of rotatable bonds is 6. The molecule has 0 spiro atoms. The zero-order chi connectivity index (χ0) is 13.5. The van der Waals surface area contributed by atoms with Crippen molar-refractivity contribution in [3.05, 3.63) is 28.8 Å². The number of methoxy groups -OCH3 is 1. The van der Waals surface area contributed by atoms with Crippen molar-refractivity contribution in [3.8, 4) is 5.75 Å². The third-order valence-electron chi connectivity index (χ3n) is 2.94. The molecule has 0 aliphatic rings. The highest BCUT2D eigenvalue weighted by atomic mass is 16.5. The van der Waals surface area contributed by atoms with Crippen LogP contribution in [0.5, 0.6) is 5.75 Å². The fraction of sp³-hybridized carbons (Fsp3) is 0.500. The Morgan fingerprint density at radius 1 is 1.33 bits per heavy atom. The van der Waals surface area contributed by atoms with Gasteiger partial charge in [0.1, 0.15) is 5.75 Å². The second-order valence-electron chi connectivity index (χ2n) is 4.39. The summed E-state index contributed by atoms with van der Waals surface area (Å²) < 4.78 is 5.27. The fourth-order valence-electron chi connectivity index (χ4n) is 1.89. The average Bonchev–Trinajstić information content (AvgIpc) is 2.36. The first-order valence-electron chi connectivity index (χ1n) is 6.19. The molecule has 0 fully saturated rings. The zero-order valence-corrected chi connectivity index (χ0v) is 11.4. The number of hydrogen-bond acceptors (Lipinski definition) is 3. The third kappa shape index (κ3) is 4.04. The van der Waals surface area contributed by atoms with Crippen LogP contribution in [-0.4, -0.2) is 26.1 Å². The summed E-state index contributed by atoms with van der Waals surface area (Å²) in [6.45, 7) is 5.07. The summed E-state index contributed by atoms with van der Waals surface area (Å²) in [5.41, 5.74) is 8.78. The number of nitrogens with one attached hydrogen (secondary N) is 1. The maximum absolute atomic E-state index is 11.5. The Labute approximate surface area is 109 Å². The molecular formula is C14H22N2O2. The van der Waals surface area contributed by atoms with Gasteiger partial charge in [-0.25, -0.2) is 0 Å². The van der Waals surface area contributed by atoms with E-state index in [1.165, 1.54) is 5.56 Å². The molecule has 1 aromatic rings. The number of aryl methyl sites for hydroxylation is 3. The van der Waals surface area contributed by atoms with Crippen LogP contribution in [-0.2, 0) is 11.2 Å². The Morgan fingerprint density at radius 2 is 2.06 bits per heavy atom. The van der Waals surface area contributed by atoms with Gasteiger partial charge in [-0.05, 0) is 43.0 Å². The van der Waals surface area contributed by atoms with Crippen molar-refractivity contribution in [3.63, 3.8) is 0 Å². The minimum Gasteiger partial charge on any atom is -0.496 e. The summed E-state index contributed by atoms with van der Waals surface area (Å²) in [6, 6.07) is 4.10. The molecule has 0 unspecified atom stereocenters. The van der Waals surface area contributed by atoms with Crippen molar-refractivity contribution >= 4 is 5.91 Å². The lowest BCUT2D eigenvalue weighted by Crippen LogP contribution is -2.29. The van der Waals surface area contributed by atoms with Crippen LogP contribution in [0.4, 0.5) is 0 Å². The van der Waals surface area contributed by atoms with Gasteiger partial charge in [0, 0.05) is 19.5 Å². The molecule has 1 rings (SSSR count). The van der Waals surface area contributed by atoms with E-state index in [0.717, 1.165) is 23.3 Å². The van der Waals surface area contributed by atoms with E-state index in [0.29, 0.717) is 19.5 Å². The highest BCUT2D eigenvalue weighted by Gasteiger charge is 2.07. The molecule has 0 saturated carbocycles. The van der Waals surface area contributed by atoms with E-state index in [9.17, 15) is 4.79 Å². The van der Waals surface area contributed by atoms with Gasteiger partial charge in [0.25, 0.3) is 0 Å². The summed E-state index contributed by atoms with van der Waals surface area (Å²) in [7, 11) is 1.67. The van der Waals surface area contributed by atoms with Gasteiger partial charge in [-0.3, -0.25) is 4.79 Å². The molecule has 1 aromatic carbocycles. The first-order valence-corrected chi connectivity index (χ1v) is 6.19. The van der Waals surface area contributed by atoms with Gasteiger partial charge < -0.3 is 15.8 Å². The largest absolute Gasteiger partial charge is 0.496 e. The number of carbonyl (C=O) groups excluding carboxylic acids is 1. The normalized spacial score (nSPS) is 10.2. The standard InChI is InChI=1S/C14H22N2O2/c1-10-9-13(18-3)11(2)8-12(10)4-5-14(17)16-7-6-15/h8-9H,4-7,15H2,1-3H3,(H,16,17). The summed E-state index contributed by atoms with van der Waals surface area (Å²) in [6.07, 6.45) is 1.24. The van der Waals surface area contributed by atoms with Gasteiger partial charge in [0.2, 0.25) is 5.91 Å². The second-order valence-corrected chi connectivity index (χ2v) is 4.39. The molecule has 100 valence electrons. The zero-order valence-electron chi connectivity index (χ0n) is 11.4. The topological polar surface area (TPSA) is 64.3 Å². The van der Waals surface area contributed by atoms with Crippen molar-refractivity contribution in [2.75, 3.05) is 20.2 Å². The van der Waals surface area contributed by atoms with Crippen LogP contribution < -0.4 is 15.8 Å². The number of ether oxygens (including phenoxy) is 1. The van der Waals surface area contributed by atoms with E-state index < -0.39 is 0 Å². The summed E-state index contributed by atoms with van der Waals surface area (Å²) in [4.78, 5) is 11.5. The monoisotopic (exact) mass is 250 g/mol. The van der Waals surface area contributed by atoms with Crippen molar-refractivity contribution < 1.29 is 9.53 Å². The Hall–Kier alpha value is -1.55. The minimum atomic E-state index is 0.0494. The fourth-order valence-corrected chi connectivity index (χ4v) is 1.89. The summed E-state index contributed by atoms with van der Waals surface area (Å²) >= 11 is 0. The van der Waals surface area contributed by atoms with E-state index in [1.54, 1.807) is 7.11 Å². The smallest absolute Gasteiger partial charge is 0.220 e. The van der Waals surface area contributed by atoms with Gasteiger partial charge in [-0.2, -0.15) is 0 Å². The lowest BCUT2D eigenvalue weighted by Gasteiger charge is -2.11. The molecule has 4 nitrogen and oxygen atoms in total. The van der Waals surface area contributed by atoms with Crippen LogP contribution in [0, 0.1) is 13.8 Å². The maximum atomic E-state index is 11.5. The number of hydrogen-bond donors (Lipinski definition) is 2. The molecule has 0 aliphatic heterocycles. The molecular weight excluding hydrogens is 228 g/mol. The lowest BCUT2D eigenvalue weighted by molar-refractivity contribution is -0.120. The van der Waals surface area contributed by atoms with Crippen LogP contribution in [0.25, 0.3) is 0 Å². The molecule has 4 heteroatoms. The first kappa shape index (κ1) is 14.5. The molecule has 0 bridgehead atoms. The highest BCUT2D eigenvalue weighted by molar-refractivity contribution is 5.76.